The SMILES string of the molecule is C/N=C\C(=C/C=O)c1c(C)c(C(=O)N2[C@H](C)CC3(C[C@@H]2C)C(=O)Nc2ccc(F)c(F)c23)nn1-c1ccc(C(F)(F)F)cc1. The third-order valence-corrected chi connectivity index (χ3v) is 8.28. The number of benzene rings is 2. The van der Waals surface area contributed by atoms with E-state index < -0.39 is 52.7 Å². The minimum Gasteiger partial charge on any atom is -0.332 e. The molecule has 1 unspecified atom stereocenters. The van der Waals surface area contributed by atoms with Crippen LogP contribution in [0, 0.1) is 18.6 Å². The summed E-state index contributed by atoms with van der Waals surface area (Å²) in [6.45, 7) is 4.99. The third kappa shape index (κ3) is 4.89. The van der Waals surface area contributed by atoms with Gasteiger partial charge in [-0.15, -0.1) is 0 Å². The molecule has 0 saturated carbocycles. The van der Waals surface area contributed by atoms with Gasteiger partial charge in [-0.05, 0) is 76.1 Å². The van der Waals surface area contributed by atoms with Crippen LogP contribution in [0.25, 0.3) is 11.3 Å². The van der Waals surface area contributed by atoms with Gasteiger partial charge in [-0.2, -0.15) is 18.3 Å². The Kier molecular flexibility index (Phi) is 7.77. The number of aromatic nitrogens is 2. The molecular weight excluding hydrogens is 585 g/mol. The number of hydrogen-bond donors (Lipinski definition) is 1. The van der Waals surface area contributed by atoms with E-state index in [0.717, 1.165) is 18.2 Å². The number of likely N-dealkylation sites (tertiary alicyclic amines) is 1. The Balaban J connectivity index is 1.58. The van der Waals surface area contributed by atoms with Crippen LogP contribution in [0.3, 0.4) is 0 Å². The number of nitrogens with one attached hydrogen (secondary N) is 1. The van der Waals surface area contributed by atoms with Crippen molar-refractivity contribution in [3.8, 4) is 5.69 Å². The summed E-state index contributed by atoms with van der Waals surface area (Å²) < 4.78 is 70.3. The number of hydrogen-bond acceptors (Lipinski definition) is 5. The van der Waals surface area contributed by atoms with Crippen LogP contribution >= 0.6 is 0 Å². The van der Waals surface area contributed by atoms with Gasteiger partial charge < -0.3 is 10.2 Å². The highest BCUT2D eigenvalue weighted by molar-refractivity contribution is 6.14. The van der Waals surface area contributed by atoms with Crippen molar-refractivity contribution in [3.05, 3.63) is 82.2 Å². The zero-order chi connectivity index (χ0) is 32.1. The second-order valence-corrected chi connectivity index (χ2v) is 11.1. The topological polar surface area (TPSA) is 96.7 Å². The molecule has 5 rings (SSSR count). The molecule has 1 saturated heterocycles. The number of halogens is 5. The lowest BCUT2D eigenvalue weighted by Crippen LogP contribution is -2.57. The Labute approximate surface area is 249 Å². The fourth-order valence-electron chi connectivity index (χ4n) is 6.53. The van der Waals surface area contributed by atoms with Gasteiger partial charge in [0.25, 0.3) is 5.91 Å². The standard InChI is InChI=1S/C31H28F5N5O3/c1-16-13-30(24-23(38-29(30)44)10-9-22(32)25(24)33)14-17(2)40(16)28(43)26-18(3)27(19(11-12-42)15-37-4)41(39-26)21-7-5-20(6-8-21)31(34,35)36/h5-12,15-17H,13-14H2,1-4H3,(H,38,44)/b19-11+,37-15-/t16-,17+,30?. The van der Waals surface area contributed by atoms with E-state index in [2.05, 4.69) is 15.4 Å². The van der Waals surface area contributed by atoms with Crippen molar-refractivity contribution in [1.82, 2.24) is 14.7 Å². The van der Waals surface area contributed by atoms with E-state index in [9.17, 15) is 31.9 Å². The lowest BCUT2D eigenvalue weighted by atomic mass is 9.68. The zero-order valence-electron chi connectivity index (χ0n) is 24.2. The van der Waals surface area contributed by atoms with E-state index in [1.807, 2.05) is 0 Å². The largest absolute Gasteiger partial charge is 0.416 e. The smallest absolute Gasteiger partial charge is 0.332 e. The Bertz CT molecular complexity index is 1710. The lowest BCUT2D eigenvalue weighted by Gasteiger charge is -2.46. The number of piperidine rings is 1. The maximum absolute atomic E-state index is 15.1. The first kappa shape index (κ1) is 30.8. The zero-order valence-corrected chi connectivity index (χ0v) is 24.2. The van der Waals surface area contributed by atoms with Crippen LogP contribution in [0.5, 0.6) is 0 Å². The number of aldehydes is 1. The summed E-state index contributed by atoms with van der Waals surface area (Å²) in [5.74, 6) is -3.20. The third-order valence-electron chi connectivity index (χ3n) is 8.28. The Morgan fingerprint density at radius 1 is 1.09 bits per heavy atom. The van der Waals surface area contributed by atoms with Gasteiger partial charge in [0.1, 0.15) is 6.29 Å². The number of aliphatic imine (C=N–C) groups is 1. The van der Waals surface area contributed by atoms with Crippen LogP contribution in [0.4, 0.5) is 27.6 Å². The van der Waals surface area contributed by atoms with Crippen molar-refractivity contribution in [3.63, 3.8) is 0 Å². The van der Waals surface area contributed by atoms with E-state index in [4.69, 9.17) is 0 Å². The molecule has 2 amide bonds. The van der Waals surface area contributed by atoms with Crippen LogP contribution in [0.1, 0.15) is 59.6 Å². The highest BCUT2D eigenvalue weighted by Gasteiger charge is 2.55. The van der Waals surface area contributed by atoms with E-state index in [1.54, 1.807) is 20.8 Å². The first-order valence-electron chi connectivity index (χ1n) is 13.7. The number of anilines is 1. The Morgan fingerprint density at radius 3 is 2.30 bits per heavy atom. The molecular formula is C31H28F5N5O3. The van der Waals surface area contributed by atoms with Crippen LogP contribution in [0.15, 0.2) is 47.5 Å². The monoisotopic (exact) mass is 613 g/mol. The first-order valence-corrected chi connectivity index (χ1v) is 13.7. The number of fused-ring (bicyclic) bond motifs is 2. The summed E-state index contributed by atoms with van der Waals surface area (Å²) in [4.78, 5) is 44.3. The van der Waals surface area contributed by atoms with Gasteiger partial charge in [-0.1, -0.05) is 0 Å². The molecule has 0 radical (unpaired) electrons. The summed E-state index contributed by atoms with van der Waals surface area (Å²) >= 11 is 0. The maximum atomic E-state index is 15.1. The summed E-state index contributed by atoms with van der Waals surface area (Å²) in [5.41, 5.74) is -1.11. The molecule has 3 aromatic rings. The summed E-state index contributed by atoms with van der Waals surface area (Å²) in [6.07, 6.45) is -1.47. The predicted molar refractivity (Wildman–Crippen MR) is 153 cm³/mol. The predicted octanol–water partition coefficient (Wildman–Crippen LogP) is 5.66. The first-order chi connectivity index (χ1) is 20.7. The summed E-state index contributed by atoms with van der Waals surface area (Å²) in [7, 11) is 1.47. The average Bonchev–Trinajstić information content (AvgIpc) is 3.43. The molecule has 2 aliphatic heterocycles. The average molecular weight is 614 g/mol. The van der Waals surface area contributed by atoms with Gasteiger partial charge in [0.2, 0.25) is 5.91 Å². The molecule has 0 aliphatic carbocycles. The Hall–Kier alpha value is -4.68. The van der Waals surface area contributed by atoms with E-state index in [1.165, 1.54) is 47.1 Å². The molecule has 1 spiro atoms. The molecule has 2 aliphatic rings. The molecule has 1 N–H and O–H groups in total. The quantitative estimate of drug-likeness (QED) is 0.174. The molecule has 3 heterocycles. The van der Waals surface area contributed by atoms with Gasteiger partial charge in [0.05, 0.1) is 22.4 Å². The summed E-state index contributed by atoms with van der Waals surface area (Å²) in [6, 6.07) is 5.17. The summed E-state index contributed by atoms with van der Waals surface area (Å²) in [5, 5.41) is 7.15. The van der Waals surface area contributed by atoms with E-state index in [-0.39, 0.29) is 46.7 Å². The van der Waals surface area contributed by atoms with Crippen molar-refractivity contribution in [1.29, 1.82) is 0 Å². The van der Waals surface area contributed by atoms with Crippen molar-refractivity contribution in [2.45, 2.75) is 57.3 Å². The number of alkyl halides is 3. The number of amides is 2. The van der Waals surface area contributed by atoms with Gasteiger partial charge in [0, 0.05) is 47.7 Å². The molecule has 3 atom stereocenters. The van der Waals surface area contributed by atoms with Gasteiger partial charge >= 0.3 is 6.18 Å². The number of allylic oxidation sites excluding steroid dienone is 2. The number of nitrogens with zero attached hydrogens (tertiary/aromatic N) is 4. The van der Waals surface area contributed by atoms with Gasteiger partial charge in [-0.25, -0.2) is 13.5 Å². The molecule has 1 aromatic heterocycles. The highest BCUT2D eigenvalue weighted by atomic mass is 19.4. The normalized spacial score (nSPS) is 22.1. The van der Waals surface area contributed by atoms with E-state index in [0.29, 0.717) is 11.8 Å². The van der Waals surface area contributed by atoms with Crippen LogP contribution in [0.2, 0.25) is 0 Å². The van der Waals surface area contributed by atoms with Crippen molar-refractivity contribution < 1.29 is 36.3 Å². The minimum absolute atomic E-state index is 0.00654. The second kappa shape index (κ2) is 11.1. The number of carbonyl (C=O) groups excluding carboxylic acids is 3. The van der Waals surface area contributed by atoms with Gasteiger partial charge in [0.15, 0.2) is 17.3 Å². The molecule has 44 heavy (non-hydrogen) atoms. The van der Waals surface area contributed by atoms with E-state index >= 15 is 4.39 Å². The maximum Gasteiger partial charge on any atom is 0.416 e. The van der Waals surface area contributed by atoms with Crippen molar-refractivity contribution >= 4 is 35.6 Å². The molecule has 230 valence electrons. The van der Waals surface area contributed by atoms with Crippen LogP contribution < -0.4 is 5.32 Å². The molecule has 8 nitrogen and oxygen atoms in total. The number of carbonyl (C=O) groups is 3. The van der Waals surface area contributed by atoms with Crippen molar-refractivity contribution in [2.24, 2.45) is 4.99 Å². The lowest BCUT2D eigenvalue weighted by molar-refractivity contribution is -0.137. The fraction of sp³-hybridized carbons (Fsp3) is 0.323. The molecule has 0 bridgehead atoms. The fourth-order valence-corrected chi connectivity index (χ4v) is 6.53. The minimum atomic E-state index is -4.57. The molecule has 2 aromatic carbocycles. The number of rotatable bonds is 5. The van der Waals surface area contributed by atoms with Crippen LogP contribution in [-0.4, -0.2) is 58.1 Å². The molecule has 13 heteroatoms. The van der Waals surface area contributed by atoms with Crippen molar-refractivity contribution in [2.75, 3.05) is 12.4 Å². The van der Waals surface area contributed by atoms with Gasteiger partial charge in [-0.3, -0.25) is 19.4 Å². The second-order valence-electron chi connectivity index (χ2n) is 11.1. The van der Waals surface area contributed by atoms with Crippen LogP contribution in [-0.2, 0) is 21.2 Å². The molecule has 1 fully saturated rings. The highest BCUT2D eigenvalue weighted by Crippen LogP contribution is 2.50. The Morgan fingerprint density at radius 2 is 1.73 bits per heavy atom.